The van der Waals surface area contributed by atoms with E-state index in [4.69, 9.17) is 4.74 Å². The molecule has 0 bridgehead atoms. The lowest BCUT2D eigenvalue weighted by atomic mass is 10.1. The molecule has 1 aliphatic rings. The SMILES string of the molecule is CCCCc1ccc(SCC(NC(C)=O)C(=O)NCC2CCCO2)cc1. The molecule has 2 amide bonds. The largest absolute Gasteiger partial charge is 0.376 e. The number of carbonyl (C=O) groups excluding carboxylic acids is 2. The highest BCUT2D eigenvalue weighted by Gasteiger charge is 2.22. The third-order valence-electron chi connectivity index (χ3n) is 4.38. The fourth-order valence-corrected chi connectivity index (χ4v) is 3.81. The molecule has 1 heterocycles. The van der Waals surface area contributed by atoms with Crippen molar-refractivity contribution < 1.29 is 14.3 Å². The van der Waals surface area contributed by atoms with E-state index in [9.17, 15) is 9.59 Å². The van der Waals surface area contributed by atoms with Gasteiger partial charge in [-0.1, -0.05) is 25.5 Å². The van der Waals surface area contributed by atoms with Gasteiger partial charge in [-0.15, -0.1) is 11.8 Å². The van der Waals surface area contributed by atoms with Gasteiger partial charge in [0.1, 0.15) is 6.04 Å². The second-order valence-electron chi connectivity index (χ2n) is 6.69. The molecule has 144 valence electrons. The highest BCUT2D eigenvalue weighted by Crippen LogP contribution is 2.20. The quantitative estimate of drug-likeness (QED) is 0.614. The van der Waals surface area contributed by atoms with Gasteiger partial charge in [0.2, 0.25) is 11.8 Å². The molecule has 2 N–H and O–H groups in total. The smallest absolute Gasteiger partial charge is 0.243 e. The Bertz CT molecular complexity index is 571. The number of thioether (sulfide) groups is 1. The van der Waals surface area contributed by atoms with Crippen LogP contribution in [0, 0.1) is 0 Å². The van der Waals surface area contributed by atoms with Crippen LogP contribution in [0.2, 0.25) is 0 Å². The molecule has 2 atom stereocenters. The Kier molecular flexibility index (Phi) is 8.98. The Hall–Kier alpha value is -1.53. The number of hydrogen-bond donors (Lipinski definition) is 2. The maximum atomic E-state index is 12.4. The predicted octanol–water partition coefficient (Wildman–Crippen LogP) is 2.92. The van der Waals surface area contributed by atoms with Crippen molar-refractivity contribution in [3.8, 4) is 0 Å². The zero-order valence-corrected chi connectivity index (χ0v) is 16.6. The van der Waals surface area contributed by atoms with Gasteiger partial charge in [-0.05, 0) is 43.4 Å². The Labute approximate surface area is 160 Å². The fourth-order valence-electron chi connectivity index (χ4n) is 2.88. The van der Waals surface area contributed by atoms with Crippen molar-refractivity contribution in [1.82, 2.24) is 10.6 Å². The van der Waals surface area contributed by atoms with Crippen LogP contribution in [0.1, 0.15) is 45.1 Å². The van der Waals surface area contributed by atoms with Crippen LogP contribution in [0.25, 0.3) is 0 Å². The number of rotatable bonds is 10. The van der Waals surface area contributed by atoms with Crippen molar-refractivity contribution in [1.29, 1.82) is 0 Å². The van der Waals surface area contributed by atoms with Gasteiger partial charge < -0.3 is 15.4 Å². The number of carbonyl (C=O) groups is 2. The lowest BCUT2D eigenvalue weighted by Crippen LogP contribution is -2.49. The number of ether oxygens (including phenoxy) is 1. The van der Waals surface area contributed by atoms with Gasteiger partial charge in [0.15, 0.2) is 0 Å². The van der Waals surface area contributed by atoms with E-state index in [2.05, 4.69) is 41.8 Å². The number of amides is 2. The van der Waals surface area contributed by atoms with Crippen molar-refractivity contribution in [2.75, 3.05) is 18.9 Å². The summed E-state index contributed by atoms with van der Waals surface area (Å²) in [6, 6.07) is 7.92. The summed E-state index contributed by atoms with van der Waals surface area (Å²) in [6.07, 6.45) is 5.60. The van der Waals surface area contributed by atoms with Crippen molar-refractivity contribution in [3.05, 3.63) is 29.8 Å². The molecule has 0 radical (unpaired) electrons. The lowest BCUT2D eigenvalue weighted by Gasteiger charge is -2.19. The topological polar surface area (TPSA) is 67.4 Å². The first-order valence-electron chi connectivity index (χ1n) is 9.46. The van der Waals surface area contributed by atoms with Crippen LogP contribution < -0.4 is 10.6 Å². The Morgan fingerprint density at radius 1 is 1.31 bits per heavy atom. The molecule has 0 spiro atoms. The highest BCUT2D eigenvalue weighted by atomic mass is 32.2. The highest BCUT2D eigenvalue weighted by molar-refractivity contribution is 7.99. The predicted molar refractivity (Wildman–Crippen MR) is 105 cm³/mol. The van der Waals surface area contributed by atoms with Crippen molar-refractivity contribution >= 4 is 23.6 Å². The molecule has 0 saturated carbocycles. The molecule has 1 fully saturated rings. The van der Waals surface area contributed by atoms with E-state index in [1.54, 1.807) is 11.8 Å². The maximum absolute atomic E-state index is 12.4. The summed E-state index contributed by atoms with van der Waals surface area (Å²) in [5.41, 5.74) is 1.34. The third-order valence-corrected chi connectivity index (χ3v) is 5.49. The molecular weight excluding hydrogens is 348 g/mol. The Morgan fingerprint density at radius 2 is 2.08 bits per heavy atom. The number of hydrogen-bond acceptors (Lipinski definition) is 4. The lowest BCUT2D eigenvalue weighted by molar-refractivity contribution is -0.127. The van der Waals surface area contributed by atoms with Crippen LogP contribution in [0.15, 0.2) is 29.2 Å². The van der Waals surface area contributed by atoms with Crippen LogP contribution >= 0.6 is 11.8 Å². The average molecular weight is 379 g/mol. The summed E-state index contributed by atoms with van der Waals surface area (Å²) in [5.74, 6) is 0.158. The summed E-state index contributed by atoms with van der Waals surface area (Å²) in [7, 11) is 0. The van der Waals surface area contributed by atoms with E-state index in [0.717, 1.165) is 30.8 Å². The van der Waals surface area contributed by atoms with Crippen molar-refractivity contribution in [3.63, 3.8) is 0 Å². The zero-order chi connectivity index (χ0) is 18.8. The van der Waals surface area contributed by atoms with Crippen LogP contribution in [-0.4, -0.2) is 42.9 Å². The normalized spacial score (nSPS) is 17.7. The molecule has 1 aromatic rings. The molecule has 1 aliphatic heterocycles. The van der Waals surface area contributed by atoms with E-state index in [0.29, 0.717) is 12.3 Å². The minimum Gasteiger partial charge on any atom is -0.376 e. The molecule has 2 unspecified atom stereocenters. The van der Waals surface area contributed by atoms with Gasteiger partial charge in [0, 0.05) is 30.7 Å². The molecule has 1 aromatic carbocycles. The molecular formula is C20H30N2O3S. The molecule has 0 aliphatic carbocycles. The minimum absolute atomic E-state index is 0.0975. The summed E-state index contributed by atoms with van der Waals surface area (Å²) < 4.78 is 5.53. The number of aryl methyl sites for hydroxylation is 1. The summed E-state index contributed by atoms with van der Waals surface area (Å²) in [4.78, 5) is 25.0. The van der Waals surface area contributed by atoms with E-state index >= 15 is 0 Å². The van der Waals surface area contributed by atoms with E-state index in [1.165, 1.54) is 25.3 Å². The van der Waals surface area contributed by atoms with Gasteiger partial charge in [-0.25, -0.2) is 0 Å². The molecule has 5 nitrogen and oxygen atoms in total. The second-order valence-corrected chi connectivity index (χ2v) is 7.79. The third kappa shape index (κ3) is 7.38. The van der Waals surface area contributed by atoms with E-state index in [1.807, 2.05) is 0 Å². The molecule has 2 rings (SSSR count). The first kappa shape index (κ1) is 20.8. The van der Waals surface area contributed by atoms with Gasteiger partial charge >= 0.3 is 0 Å². The summed E-state index contributed by atoms with van der Waals surface area (Å²) in [5, 5.41) is 5.66. The number of nitrogens with one attached hydrogen (secondary N) is 2. The van der Waals surface area contributed by atoms with Gasteiger partial charge in [-0.3, -0.25) is 9.59 Å². The Balaban J connectivity index is 1.83. The number of benzene rings is 1. The molecule has 26 heavy (non-hydrogen) atoms. The van der Waals surface area contributed by atoms with Crippen molar-refractivity contribution in [2.45, 2.75) is 63.0 Å². The van der Waals surface area contributed by atoms with E-state index < -0.39 is 6.04 Å². The minimum atomic E-state index is -0.543. The van der Waals surface area contributed by atoms with Gasteiger partial charge in [-0.2, -0.15) is 0 Å². The van der Waals surface area contributed by atoms with Crippen LogP contribution in [0.3, 0.4) is 0 Å². The monoisotopic (exact) mass is 378 g/mol. The average Bonchev–Trinajstić information content (AvgIpc) is 3.15. The van der Waals surface area contributed by atoms with Crippen LogP contribution in [0.5, 0.6) is 0 Å². The first-order chi connectivity index (χ1) is 12.6. The molecule has 0 aromatic heterocycles. The van der Waals surface area contributed by atoms with Crippen LogP contribution in [-0.2, 0) is 20.7 Å². The first-order valence-corrected chi connectivity index (χ1v) is 10.4. The van der Waals surface area contributed by atoms with Crippen molar-refractivity contribution in [2.24, 2.45) is 0 Å². The zero-order valence-electron chi connectivity index (χ0n) is 15.8. The van der Waals surface area contributed by atoms with Gasteiger partial charge in [0.05, 0.1) is 6.10 Å². The van der Waals surface area contributed by atoms with Crippen LogP contribution in [0.4, 0.5) is 0 Å². The maximum Gasteiger partial charge on any atom is 0.243 e. The van der Waals surface area contributed by atoms with E-state index in [-0.39, 0.29) is 17.9 Å². The second kappa shape index (κ2) is 11.2. The standard InChI is InChI=1S/C20H30N2O3S/c1-3-4-6-16-8-10-18(11-9-16)26-14-19(22-15(2)23)20(24)21-13-17-7-5-12-25-17/h8-11,17,19H,3-7,12-14H2,1-2H3,(H,21,24)(H,22,23). The number of unbranched alkanes of at least 4 members (excludes halogenated alkanes) is 1. The summed E-state index contributed by atoms with van der Waals surface area (Å²) in [6.45, 7) is 4.90. The van der Waals surface area contributed by atoms with Gasteiger partial charge in [0.25, 0.3) is 0 Å². The Morgan fingerprint density at radius 3 is 2.69 bits per heavy atom. The summed E-state index contributed by atoms with van der Waals surface area (Å²) >= 11 is 1.58. The molecule has 6 heteroatoms. The molecule has 1 saturated heterocycles. The fraction of sp³-hybridized carbons (Fsp3) is 0.600.